The van der Waals surface area contributed by atoms with Gasteiger partial charge in [-0.05, 0) is 25.7 Å². The van der Waals surface area contributed by atoms with Gasteiger partial charge in [-0.1, -0.05) is 0 Å². The molecule has 1 saturated carbocycles. The van der Waals surface area contributed by atoms with E-state index in [0.717, 1.165) is 12.8 Å². The van der Waals surface area contributed by atoms with Crippen LogP contribution in [-0.2, 0) is 14.3 Å². The quantitative estimate of drug-likeness (QED) is 0.364. The topological polar surface area (TPSA) is 35.5 Å². The Balaban J connectivity index is 2.52. The maximum Gasteiger partial charge on any atom is 0.337 e. The van der Waals surface area contributed by atoms with Gasteiger partial charge in [0.2, 0.25) is 0 Å². The molecule has 0 N–H and O–H groups in total. The van der Waals surface area contributed by atoms with Crippen LogP contribution in [0.15, 0.2) is 11.8 Å². The molecule has 12 heavy (non-hydrogen) atoms. The van der Waals surface area contributed by atoms with Crippen molar-refractivity contribution in [2.75, 3.05) is 13.7 Å². The van der Waals surface area contributed by atoms with Crippen LogP contribution in [0, 0.1) is 5.92 Å². The lowest BCUT2D eigenvalue weighted by Crippen LogP contribution is -2.09. The minimum absolute atomic E-state index is 0.234. The highest BCUT2D eigenvalue weighted by Gasteiger charge is 2.31. The van der Waals surface area contributed by atoms with Crippen LogP contribution >= 0.6 is 0 Å². The van der Waals surface area contributed by atoms with Crippen LogP contribution in [0.1, 0.15) is 19.8 Å². The van der Waals surface area contributed by atoms with Gasteiger partial charge in [-0.25, -0.2) is 4.79 Å². The molecule has 3 nitrogen and oxygen atoms in total. The molecule has 1 rings (SSSR count). The monoisotopic (exact) mass is 170 g/mol. The van der Waals surface area contributed by atoms with E-state index >= 15 is 0 Å². The number of ether oxygens (including phenoxy) is 2. The Morgan fingerprint density at radius 3 is 2.67 bits per heavy atom. The first kappa shape index (κ1) is 9.10. The lowest BCUT2D eigenvalue weighted by atomic mass is 10.2. The minimum Gasteiger partial charge on any atom is -0.504 e. The van der Waals surface area contributed by atoms with Crippen molar-refractivity contribution in [2.45, 2.75) is 19.8 Å². The number of carbonyl (C=O) groups is 1. The third kappa shape index (κ3) is 2.26. The van der Waals surface area contributed by atoms with Gasteiger partial charge in [-0.2, -0.15) is 0 Å². The lowest BCUT2D eigenvalue weighted by molar-refractivity contribution is -0.139. The highest BCUT2D eigenvalue weighted by Crippen LogP contribution is 2.36. The van der Waals surface area contributed by atoms with Gasteiger partial charge in [0.15, 0.2) is 0 Å². The fraction of sp³-hybridized carbons (Fsp3) is 0.667. The Hall–Kier alpha value is -0.990. The van der Waals surface area contributed by atoms with Crippen LogP contribution in [0.3, 0.4) is 0 Å². The fourth-order valence-electron chi connectivity index (χ4n) is 1.05. The Bertz CT molecular complexity index is 192. The molecule has 0 unspecified atom stereocenters. The molecule has 0 aromatic rings. The SMILES string of the molecule is CCOC(=O)/C(=C/OC)C1CC1. The number of carbonyl (C=O) groups excluding carboxylic acids is 1. The van der Waals surface area contributed by atoms with Crippen LogP contribution in [0.4, 0.5) is 0 Å². The second-order valence-corrected chi connectivity index (χ2v) is 2.80. The zero-order chi connectivity index (χ0) is 8.97. The third-order valence-electron chi connectivity index (χ3n) is 1.77. The fourth-order valence-corrected chi connectivity index (χ4v) is 1.05. The molecule has 0 radical (unpaired) electrons. The van der Waals surface area contributed by atoms with Crippen molar-refractivity contribution in [1.82, 2.24) is 0 Å². The van der Waals surface area contributed by atoms with E-state index in [-0.39, 0.29) is 5.97 Å². The molecule has 0 spiro atoms. The lowest BCUT2D eigenvalue weighted by Gasteiger charge is -2.03. The minimum atomic E-state index is -0.234. The summed E-state index contributed by atoms with van der Waals surface area (Å²) in [6, 6.07) is 0. The molecule has 0 bridgehead atoms. The zero-order valence-corrected chi connectivity index (χ0v) is 7.50. The smallest absolute Gasteiger partial charge is 0.337 e. The normalized spacial score (nSPS) is 17.3. The van der Waals surface area contributed by atoms with Crippen LogP contribution in [0.5, 0.6) is 0 Å². The van der Waals surface area contributed by atoms with Crippen molar-refractivity contribution in [1.29, 1.82) is 0 Å². The molecular weight excluding hydrogens is 156 g/mol. The summed E-state index contributed by atoms with van der Waals surface area (Å²) in [5, 5.41) is 0. The van der Waals surface area contributed by atoms with E-state index in [9.17, 15) is 4.79 Å². The van der Waals surface area contributed by atoms with Crippen molar-refractivity contribution in [3.8, 4) is 0 Å². The van der Waals surface area contributed by atoms with Gasteiger partial charge >= 0.3 is 5.97 Å². The van der Waals surface area contributed by atoms with Crippen molar-refractivity contribution >= 4 is 5.97 Å². The number of rotatable bonds is 4. The van der Waals surface area contributed by atoms with E-state index in [2.05, 4.69) is 0 Å². The van der Waals surface area contributed by atoms with Crippen LogP contribution in [0.2, 0.25) is 0 Å². The summed E-state index contributed by atoms with van der Waals surface area (Å²) >= 11 is 0. The van der Waals surface area contributed by atoms with Gasteiger partial charge in [0.05, 0.1) is 25.6 Å². The van der Waals surface area contributed by atoms with Crippen molar-refractivity contribution < 1.29 is 14.3 Å². The maximum absolute atomic E-state index is 11.2. The highest BCUT2D eigenvalue weighted by molar-refractivity contribution is 5.89. The molecular formula is C9H14O3. The van der Waals surface area contributed by atoms with Gasteiger partial charge in [0.25, 0.3) is 0 Å². The van der Waals surface area contributed by atoms with E-state index in [1.807, 2.05) is 0 Å². The average molecular weight is 170 g/mol. The summed E-state index contributed by atoms with van der Waals surface area (Å²) in [7, 11) is 1.54. The summed E-state index contributed by atoms with van der Waals surface area (Å²) in [5.41, 5.74) is 0.680. The summed E-state index contributed by atoms with van der Waals surface area (Å²) in [6.07, 6.45) is 3.65. The summed E-state index contributed by atoms with van der Waals surface area (Å²) in [6.45, 7) is 2.22. The highest BCUT2D eigenvalue weighted by atomic mass is 16.5. The van der Waals surface area contributed by atoms with Crippen molar-refractivity contribution in [2.24, 2.45) is 5.92 Å². The number of hydrogen-bond donors (Lipinski definition) is 0. The Labute approximate surface area is 72.4 Å². The standard InChI is InChI=1S/C9H14O3/c1-3-12-9(10)8(6-11-2)7-4-5-7/h6-7H,3-5H2,1-2H3/b8-6+. The molecule has 0 amide bonds. The molecule has 0 aliphatic heterocycles. The molecule has 1 fully saturated rings. The van der Waals surface area contributed by atoms with E-state index in [1.54, 1.807) is 14.0 Å². The second kappa shape index (κ2) is 4.14. The Morgan fingerprint density at radius 2 is 2.25 bits per heavy atom. The van der Waals surface area contributed by atoms with E-state index in [1.165, 1.54) is 6.26 Å². The Kier molecular flexibility index (Phi) is 3.14. The van der Waals surface area contributed by atoms with Crippen molar-refractivity contribution in [3.63, 3.8) is 0 Å². The van der Waals surface area contributed by atoms with Gasteiger partial charge in [-0.3, -0.25) is 0 Å². The second-order valence-electron chi connectivity index (χ2n) is 2.80. The first-order valence-electron chi connectivity index (χ1n) is 4.19. The molecule has 0 heterocycles. The molecule has 1 aliphatic carbocycles. The number of esters is 1. The molecule has 0 aromatic carbocycles. The zero-order valence-electron chi connectivity index (χ0n) is 7.50. The first-order valence-corrected chi connectivity index (χ1v) is 4.19. The molecule has 3 heteroatoms. The third-order valence-corrected chi connectivity index (χ3v) is 1.77. The van der Waals surface area contributed by atoms with E-state index < -0.39 is 0 Å². The number of hydrogen-bond acceptors (Lipinski definition) is 3. The van der Waals surface area contributed by atoms with Crippen molar-refractivity contribution in [3.05, 3.63) is 11.8 Å². The van der Waals surface area contributed by atoms with Gasteiger partial charge < -0.3 is 9.47 Å². The molecule has 68 valence electrons. The summed E-state index contributed by atoms with van der Waals surface area (Å²) in [5.74, 6) is 0.144. The molecule has 0 aromatic heterocycles. The molecule has 0 saturated heterocycles. The van der Waals surface area contributed by atoms with Gasteiger partial charge in [0, 0.05) is 0 Å². The summed E-state index contributed by atoms with van der Waals surface area (Å²) in [4.78, 5) is 11.2. The first-order chi connectivity index (χ1) is 5.79. The predicted molar refractivity (Wildman–Crippen MR) is 44.4 cm³/mol. The summed E-state index contributed by atoms with van der Waals surface area (Å²) < 4.78 is 9.68. The van der Waals surface area contributed by atoms with Gasteiger partial charge in [-0.15, -0.1) is 0 Å². The van der Waals surface area contributed by atoms with Crippen LogP contribution < -0.4 is 0 Å². The van der Waals surface area contributed by atoms with Gasteiger partial charge in [0.1, 0.15) is 0 Å². The predicted octanol–water partition coefficient (Wildman–Crippen LogP) is 1.49. The number of methoxy groups -OCH3 is 1. The van der Waals surface area contributed by atoms with E-state index in [0.29, 0.717) is 18.1 Å². The molecule has 0 atom stereocenters. The Morgan fingerprint density at radius 1 is 1.58 bits per heavy atom. The van der Waals surface area contributed by atoms with Crippen LogP contribution in [-0.4, -0.2) is 19.7 Å². The average Bonchev–Trinajstić information content (AvgIpc) is 2.83. The van der Waals surface area contributed by atoms with E-state index in [4.69, 9.17) is 9.47 Å². The van der Waals surface area contributed by atoms with Crippen LogP contribution in [0.25, 0.3) is 0 Å². The molecule has 1 aliphatic rings. The maximum atomic E-state index is 11.2. The largest absolute Gasteiger partial charge is 0.504 e.